The number of hydrogen-bond acceptors (Lipinski definition) is 4. The van der Waals surface area contributed by atoms with Crippen molar-refractivity contribution in [2.75, 3.05) is 5.32 Å². The monoisotopic (exact) mass is 386 g/mol. The van der Waals surface area contributed by atoms with Crippen LogP contribution in [-0.4, -0.2) is 20.7 Å². The van der Waals surface area contributed by atoms with Gasteiger partial charge in [-0.15, -0.1) is 11.3 Å². The maximum Gasteiger partial charge on any atom is 0.259 e. The lowest BCUT2D eigenvalue weighted by molar-refractivity contribution is 0.102. The summed E-state index contributed by atoms with van der Waals surface area (Å²) in [6.45, 7) is 0. The number of carbonyl (C=O) groups excluding carboxylic acids is 1. The van der Waals surface area contributed by atoms with Crippen molar-refractivity contribution in [3.63, 3.8) is 0 Å². The first-order chi connectivity index (χ1) is 13.8. The van der Waals surface area contributed by atoms with Crippen molar-refractivity contribution in [2.45, 2.75) is 18.8 Å². The molecule has 1 fully saturated rings. The van der Waals surface area contributed by atoms with Gasteiger partial charge in [-0.25, -0.2) is 9.67 Å². The lowest BCUT2D eigenvalue weighted by Crippen LogP contribution is -2.14. The number of rotatable bonds is 5. The first kappa shape index (κ1) is 16.9. The van der Waals surface area contributed by atoms with Crippen LogP contribution >= 0.6 is 11.3 Å². The summed E-state index contributed by atoms with van der Waals surface area (Å²) in [6, 6.07) is 17.7. The van der Waals surface area contributed by atoms with Gasteiger partial charge in [-0.3, -0.25) is 4.79 Å². The van der Waals surface area contributed by atoms with E-state index in [9.17, 15) is 4.79 Å². The van der Waals surface area contributed by atoms with Gasteiger partial charge in [-0.05, 0) is 49.2 Å². The molecule has 0 atom stereocenters. The van der Waals surface area contributed by atoms with Crippen molar-refractivity contribution in [1.29, 1.82) is 0 Å². The Morgan fingerprint density at radius 3 is 2.54 bits per heavy atom. The van der Waals surface area contributed by atoms with Crippen LogP contribution in [0.25, 0.3) is 16.3 Å². The van der Waals surface area contributed by atoms with E-state index >= 15 is 0 Å². The summed E-state index contributed by atoms with van der Waals surface area (Å²) in [5.74, 6) is 0.279. The number of nitrogens with zero attached hydrogens (tertiary/aromatic N) is 3. The second-order valence-electron chi connectivity index (χ2n) is 6.83. The van der Waals surface area contributed by atoms with Gasteiger partial charge < -0.3 is 5.32 Å². The number of benzene rings is 2. The van der Waals surface area contributed by atoms with Crippen molar-refractivity contribution in [1.82, 2.24) is 14.8 Å². The molecule has 0 radical (unpaired) electrons. The number of nitrogens with one attached hydrogen (secondary N) is 1. The van der Waals surface area contributed by atoms with Gasteiger partial charge in [0.05, 0.1) is 23.1 Å². The largest absolute Gasteiger partial charge is 0.322 e. The van der Waals surface area contributed by atoms with Crippen LogP contribution in [0, 0.1) is 0 Å². The average Bonchev–Trinajstić information content (AvgIpc) is 3.25. The molecule has 0 saturated heterocycles. The number of aromatic nitrogens is 3. The molecule has 0 unspecified atom stereocenters. The highest BCUT2D eigenvalue weighted by Gasteiger charge is 2.32. The zero-order valence-corrected chi connectivity index (χ0v) is 15.9. The van der Waals surface area contributed by atoms with Crippen molar-refractivity contribution < 1.29 is 4.79 Å². The Bertz CT molecular complexity index is 1100. The molecule has 5 nitrogen and oxygen atoms in total. The lowest BCUT2D eigenvalue weighted by atomic mass is 10.1. The van der Waals surface area contributed by atoms with Gasteiger partial charge in [0.15, 0.2) is 0 Å². The van der Waals surface area contributed by atoms with Crippen LogP contribution < -0.4 is 5.32 Å². The standard InChI is InChI=1S/C22H18N4OS/c27-21(25-17-10-8-16(9-11-17)22-23-12-13-28-22)19-14-24-26(20(19)15-6-7-15)18-4-2-1-3-5-18/h1-5,8-15H,6-7H2,(H,25,27). The number of thiazole rings is 1. The van der Waals surface area contributed by atoms with Gasteiger partial charge in [-0.1, -0.05) is 18.2 Å². The second-order valence-corrected chi connectivity index (χ2v) is 7.73. The highest BCUT2D eigenvalue weighted by atomic mass is 32.1. The molecule has 1 aliphatic rings. The number of hydrogen-bond donors (Lipinski definition) is 1. The quantitative estimate of drug-likeness (QED) is 0.517. The Balaban J connectivity index is 1.41. The average molecular weight is 386 g/mol. The Morgan fingerprint density at radius 2 is 1.86 bits per heavy atom. The van der Waals surface area contributed by atoms with Crippen LogP contribution in [0.15, 0.2) is 72.4 Å². The number of anilines is 1. The number of carbonyl (C=O) groups is 1. The first-order valence-electron chi connectivity index (χ1n) is 9.24. The zero-order valence-electron chi connectivity index (χ0n) is 15.1. The molecular formula is C22H18N4OS. The zero-order chi connectivity index (χ0) is 18.9. The minimum Gasteiger partial charge on any atom is -0.322 e. The van der Waals surface area contributed by atoms with E-state index in [1.807, 2.05) is 64.7 Å². The van der Waals surface area contributed by atoms with Crippen molar-refractivity contribution >= 4 is 22.9 Å². The van der Waals surface area contributed by atoms with Crippen LogP contribution in [0.3, 0.4) is 0 Å². The minimum atomic E-state index is -0.119. The molecule has 1 saturated carbocycles. The third-order valence-corrected chi connectivity index (χ3v) is 5.66. The molecule has 2 heterocycles. The first-order valence-corrected chi connectivity index (χ1v) is 10.1. The van der Waals surface area contributed by atoms with Crippen LogP contribution in [0.4, 0.5) is 5.69 Å². The van der Waals surface area contributed by atoms with Crippen LogP contribution in [0.5, 0.6) is 0 Å². The van der Waals surface area contributed by atoms with Crippen LogP contribution in [0.1, 0.15) is 34.8 Å². The highest BCUT2D eigenvalue weighted by Crippen LogP contribution is 2.42. The van der Waals surface area contributed by atoms with Gasteiger partial charge >= 0.3 is 0 Å². The van der Waals surface area contributed by atoms with E-state index in [0.717, 1.165) is 40.5 Å². The fraction of sp³-hybridized carbons (Fsp3) is 0.136. The Hall–Kier alpha value is -3.25. The van der Waals surface area contributed by atoms with Gasteiger partial charge in [0.25, 0.3) is 5.91 Å². The molecule has 1 aliphatic carbocycles. The maximum absolute atomic E-state index is 13.0. The molecule has 0 aliphatic heterocycles. The van der Waals surface area contributed by atoms with E-state index in [1.165, 1.54) is 0 Å². The van der Waals surface area contributed by atoms with Crippen LogP contribution in [-0.2, 0) is 0 Å². The SMILES string of the molecule is O=C(Nc1ccc(-c2nccs2)cc1)c1cnn(-c2ccccc2)c1C1CC1. The summed E-state index contributed by atoms with van der Waals surface area (Å²) in [5, 5.41) is 10.4. The topological polar surface area (TPSA) is 59.8 Å². The van der Waals surface area contributed by atoms with Gasteiger partial charge in [0.1, 0.15) is 5.01 Å². The molecule has 5 rings (SSSR count). The summed E-state index contributed by atoms with van der Waals surface area (Å²) in [4.78, 5) is 17.3. The summed E-state index contributed by atoms with van der Waals surface area (Å²) in [6.07, 6.45) is 5.67. The molecular weight excluding hydrogens is 368 g/mol. The van der Waals surface area contributed by atoms with Crippen LogP contribution in [0.2, 0.25) is 0 Å². The van der Waals surface area contributed by atoms with E-state index in [-0.39, 0.29) is 5.91 Å². The highest BCUT2D eigenvalue weighted by molar-refractivity contribution is 7.13. The Morgan fingerprint density at radius 1 is 1.07 bits per heavy atom. The van der Waals surface area contributed by atoms with E-state index in [0.29, 0.717) is 11.5 Å². The molecule has 28 heavy (non-hydrogen) atoms. The number of para-hydroxylation sites is 1. The molecule has 2 aromatic heterocycles. The van der Waals surface area contributed by atoms with Crippen molar-refractivity contribution in [3.05, 3.63) is 83.6 Å². The van der Waals surface area contributed by atoms with Crippen molar-refractivity contribution in [3.8, 4) is 16.3 Å². The predicted octanol–water partition coefficient (Wildman–Crippen LogP) is 5.13. The van der Waals surface area contributed by atoms with E-state index in [2.05, 4.69) is 15.4 Å². The molecule has 138 valence electrons. The summed E-state index contributed by atoms with van der Waals surface area (Å²) in [5.41, 5.74) is 4.44. The molecule has 0 spiro atoms. The molecule has 1 N–H and O–H groups in total. The Kier molecular flexibility index (Phi) is 4.25. The fourth-order valence-corrected chi connectivity index (χ4v) is 3.96. The number of amides is 1. The molecule has 0 bridgehead atoms. The molecule has 1 amide bonds. The third-order valence-electron chi connectivity index (χ3n) is 4.84. The maximum atomic E-state index is 13.0. The Labute approximate surface area is 166 Å². The summed E-state index contributed by atoms with van der Waals surface area (Å²) in [7, 11) is 0. The molecule has 2 aromatic carbocycles. The predicted molar refractivity (Wildman–Crippen MR) is 111 cm³/mol. The fourth-order valence-electron chi connectivity index (χ4n) is 3.32. The third kappa shape index (κ3) is 3.23. The van der Waals surface area contributed by atoms with E-state index in [4.69, 9.17) is 0 Å². The lowest BCUT2D eigenvalue weighted by Gasteiger charge is -2.10. The molecule has 6 heteroatoms. The smallest absolute Gasteiger partial charge is 0.259 e. The van der Waals surface area contributed by atoms with E-state index < -0.39 is 0 Å². The second kappa shape index (κ2) is 7.05. The van der Waals surface area contributed by atoms with Gasteiger partial charge in [-0.2, -0.15) is 5.10 Å². The van der Waals surface area contributed by atoms with Crippen molar-refractivity contribution in [2.24, 2.45) is 0 Å². The molecule has 4 aromatic rings. The summed E-state index contributed by atoms with van der Waals surface area (Å²) >= 11 is 1.60. The van der Waals surface area contributed by atoms with E-state index in [1.54, 1.807) is 23.7 Å². The minimum absolute atomic E-state index is 0.119. The summed E-state index contributed by atoms with van der Waals surface area (Å²) < 4.78 is 1.90. The van der Waals surface area contributed by atoms with Gasteiger partial charge in [0.2, 0.25) is 0 Å². The normalized spacial score (nSPS) is 13.4. The van der Waals surface area contributed by atoms with Gasteiger partial charge in [0, 0.05) is 28.7 Å².